The summed E-state index contributed by atoms with van der Waals surface area (Å²) in [6.07, 6.45) is 1.30. The van der Waals surface area contributed by atoms with Gasteiger partial charge in [-0.2, -0.15) is 8.42 Å². The zero-order valence-electron chi connectivity index (χ0n) is 17.1. The van der Waals surface area contributed by atoms with Crippen molar-refractivity contribution in [3.8, 4) is 5.75 Å². The number of urea groups is 1. The Morgan fingerprint density at radius 2 is 1.56 bits per heavy atom. The average molecular weight is 606 g/mol. The van der Waals surface area contributed by atoms with E-state index in [0.29, 0.717) is 11.3 Å². The van der Waals surface area contributed by atoms with Gasteiger partial charge in [-0.25, -0.2) is 9.69 Å². The van der Waals surface area contributed by atoms with E-state index >= 15 is 0 Å². The molecule has 1 saturated heterocycles. The normalized spacial score (nSPS) is 15.4. The summed E-state index contributed by atoms with van der Waals surface area (Å²) in [7, 11) is -4.05. The summed E-state index contributed by atoms with van der Waals surface area (Å²) in [5.41, 5.74) is 0.431. The van der Waals surface area contributed by atoms with Gasteiger partial charge in [0, 0.05) is 4.47 Å². The van der Waals surface area contributed by atoms with Crippen LogP contribution >= 0.6 is 31.9 Å². The summed E-state index contributed by atoms with van der Waals surface area (Å²) in [4.78, 5) is 38.5. The third-order valence-electron chi connectivity index (χ3n) is 4.68. The van der Waals surface area contributed by atoms with Crippen LogP contribution < -0.4 is 14.4 Å². The van der Waals surface area contributed by atoms with Crippen molar-refractivity contribution in [3.63, 3.8) is 0 Å². The van der Waals surface area contributed by atoms with Crippen LogP contribution in [0.15, 0.2) is 92.2 Å². The van der Waals surface area contributed by atoms with Gasteiger partial charge >= 0.3 is 16.1 Å². The molecule has 1 fully saturated rings. The summed E-state index contributed by atoms with van der Waals surface area (Å²) in [6, 6.07) is 17.6. The number of benzene rings is 3. The van der Waals surface area contributed by atoms with E-state index in [1.165, 1.54) is 36.4 Å². The van der Waals surface area contributed by atoms with E-state index in [4.69, 9.17) is 4.18 Å². The van der Waals surface area contributed by atoms with Crippen molar-refractivity contribution < 1.29 is 27.0 Å². The van der Waals surface area contributed by atoms with Gasteiger partial charge in [0.25, 0.3) is 11.8 Å². The Bertz CT molecular complexity index is 1440. The van der Waals surface area contributed by atoms with Crippen molar-refractivity contribution in [3.05, 3.63) is 92.9 Å². The summed E-state index contributed by atoms with van der Waals surface area (Å²) >= 11 is 6.55. The molecule has 11 heteroatoms. The number of barbiturate groups is 1. The van der Waals surface area contributed by atoms with Crippen molar-refractivity contribution in [2.24, 2.45) is 0 Å². The van der Waals surface area contributed by atoms with Gasteiger partial charge in [-0.05, 0) is 76.1 Å². The SMILES string of the molecule is O=C1NC(=O)N(c2ccc(Br)cc2)C(=O)/C1=C/c1ccc(OS(=O)(=O)c2ccccc2)c(Br)c1. The summed E-state index contributed by atoms with van der Waals surface area (Å²) in [6.45, 7) is 0. The van der Waals surface area contributed by atoms with Crippen molar-refractivity contribution in [2.75, 3.05) is 4.90 Å². The number of carbonyl (C=O) groups excluding carboxylic acids is 3. The number of anilines is 1. The van der Waals surface area contributed by atoms with Gasteiger partial charge in [0.2, 0.25) is 0 Å². The first kappa shape index (κ1) is 23.9. The number of halogens is 2. The minimum absolute atomic E-state index is 0.00438. The second-order valence-corrected chi connectivity index (χ2v) is 10.3. The van der Waals surface area contributed by atoms with Crippen LogP contribution in [0, 0.1) is 0 Å². The first-order valence-electron chi connectivity index (χ1n) is 9.62. The number of rotatable bonds is 5. The molecular weight excluding hydrogens is 592 g/mol. The van der Waals surface area contributed by atoms with Crippen molar-refractivity contribution >= 4 is 71.6 Å². The van der Waals surface area contributed by atoms with Gasteiger partial charge in [0.05, 0.1) is 10.2 Å². The Morgan fingerprint density at radius 1 is 0.882 bits per heavy atom. The summed E-state index contributed by atoms with van der Waals surface area (Å²) in [5.74, 6) is -1.61. The molecule has 4 rings (SSSR count). The van der Waals surface area contributed by atoms with E-state index in [-0.39, 0.29) is 20.7 Å². The zero-order chi connectivity index (χ0) is 24.5. The number of nitrogens with one attached hydrogen (secondary N) is 1. The maximum absolute atomic E-state index is 13.0. The molecule has 0 bridgehead atoms. The third-order valence-corrected chi connectivity index (χ3v) is 7.08. The van der Waals surface area contributed by atoms with E-state index in [0.717, 1.165) is 9.37 Å². The first-order chi connectivity index (χ1) is 16.2. The minimum Gasteiger partial charge on any atom is -0.378 e. The number of imide groups is 2. The minimum atomic E-state index is -4.05. The quantitative estimate of drug-likeness (QED) is 0.258. The highest BCUT2D eigenvalue weighted by Gasteiger charge is 2.36. The summed E-state index contributed by atoms with van der Waals surface area (Å²) < 4.78 is 31.2. The molecule has 0 spiro atoms. The molecule has 3 aromatic carbocycles. The second-order valence-electron chi connectivity index (χ2n) is 6.97. The lowest BCUT2D eigenvalue weighted by Crippen LogP contribution is -2.54. The Balaban J connectivity index is 1.62. The van der Waals surface area contributed by atoms with E-state index < -0.39 is 28.0 Å². The molecule has 0 saturated carbocycles. The Morgan fingerprint density at radius 3 is 2.21 bits per heavy atom. The standard InChI is InChI=1S/C23H14Br2N2O6S/c24-15-7-9-16(10-8-15)27-22(29)18(21(28)26-23(27)30)12-14-6-11-20(19(25)13-14)33-34(31,32)17-4-2-1-3-5-17/h1-13H,(H,26,28,30)/b18-12+. The van der Waals surface area contributed by atoms with Crippen LogP contribution in [0.3, 0.4) is 0 Å². The molecule has 1 N–H and O–H groups in total. The van der Waals surface area contributed by atoms with E-state index in [1.807, 2.05) is 0 Å². The van der Waals surface area contributed by atoms with Gasteiger partial charge < -0.3 is 4.18 Å². The highest BCUT2D eigenvalue weighted by molar-refractivity contribution is 9.10. The molecule has 4 amide bonds. The molecule has 34 heavy (non-hydrogen) atoms. The van der Waals surface area contributed by atoms with Crippen LogP contribution in [0.5, 0.6) is 5.75 Å². The highest BCUT2D eigenvalue weighted by atomic mass is 79.9. The van der Waals surface area contributed by atoms with E-state index in [1.54, 1.807) is 42.5 Å². The number of amides is 4. The molecule has 3 aromatic rings. The number of carbonyl (C=O) groups is 3. The van der Waals surface area contributed by atoms with Crippen LogP contribution in [0.25, 0.3) is 6.08 Å². The fourth-order valence-electron chi connectivity index (χ4n) is 3.08. The first-order valence-corrected chi connectivity index (χ1v) is 12.6. The predicted octanol–water partition coefficient (Wildman–Crippen LogP) is 4.65. The molecule has 8 nitrogen and oxygen atoms in total. The monoisotopic (exact) mass is 604 g/mol. The topological polar surface area (TPSA) is 110 Å². The Hall–Kier alpha value is -3.28. The molecule has 0 aliphatic carbocycles. The van der Waals surface area contributed by atoms with Gasteiger partial charge in [-0.3, -0.25) is 14.9 Å². The highest BCUT2D eigenvalue weighted by Crippen LogP contribution is 2.30. The molecule has 1 aliphatic heterocycles. The van der Waals surface area contributed by atoms with Crippen LogP contribution in [0.1, 0.15) is 5.56 Å². The van der Waals surface area contributed by atoms with Crippen LogP contribution in [-0.4, -0.2) is 26.3 Å². The lowest BCUT2D eigenvalue weighted by molar-refractivity contribution is -0.122. The van der Waals surface area contributed by atoms with Gasteiger partial charge in [-0.15, -0.1) is 0 Å². The predicted molar refractivity (Wildman–Crippen MR) is 132 cm³/mol. The maximum Gasteiger partial charge on any atom is 0.339 e. The lowest BCUT2D eigenvalue weighted by Gasteiger charge is -2.26. The smallest absolute Gasteiger partial charge is 0.339 e. The Kier molecular flexibility index (Phi) is 6.69. The van der Waals surface area contributed by atoms with Crippen molar-refractivity contribution in [1.82, 2.24) is 5.32 Å². The number of hydrogen-bond acceptors (Lipinski definition) is 6. The second kappa shape index (κ2) is 9.53. The maximum atomic E-state index is 13.0. The molecule has 0 radical (unpaired) electrons. The van der Waals surface area contributed by atoms with E-state index in [9.17, 15) is 22.8 Å². The average Bonchev–Trinajstić information content (AvgIpc) is 2.80. The molecule has 1 heterocycles. The molecule has 0 atom stereocenters. The summed E-state index contributed by atoms with van der Waals surface area (Å²) in [5, 5.41) is 2.15. The Labute approximate surface area is 211 Å². The van der Waals surface area contributed by atoms with Gasteiger partial charge in [-0.1, -0.05) is 40.2 Å². The molecular formula is C23H14Br2N2O6S. The van der Waals surface area contributed by atoms with Crippen LogP contribution in [0.2, 0.25) is 0 Å². The van der Waals surface area contributed by atoms with Crippen molar-refractivity contribution in [1.29, 1.82) is 0 Å². The van der Waals surface area contributed by atoms with Crippen LogP contribution in [-0.2, 0) is 19.7 Å². The van der Waals surface area contributed by atoms with Crippen molar-refractivity contribution in [2.45, 2.75) is 4.90 Å². The van der Waals surface area contributed by atoms with E-state index in [2.05, 4.69) is 37.2 Å². The molecule has 0 unspecified atom stereocenters. The fourth-order valence-corrected chi connectivity index (χ4v) is 4.89. The largest absolute Gasteiger partial charge is 0.378 e. The fraction of sp³-hybridized carbons (Fsp3) is 0. The number of nitrogens with zero attached hydrogens (tertiary/aromatic N) is 1. The number of hydrogen-bond donors (Lipinski definition) is 1. The van der Waals surface area contributed by atoms with Crippen LogP contribution in [0.4, 0.5) is 10.5 Å². The lowest BCUT2D eigenvalue weighted by atomic mass is 10.1. The molecule has 1 aliphatic rings. The molecule has 0 aromatic heterocycles. The zero-order valence-corrected chi connectivity index (χ0v) is 21.1. The molecule has 172 valence electrons. The van der Waals surface area contributed by atoms with Gasteiger partial charge in [0.15, 0.2) is 5.75 Å². The van der Waals surface area contributed by atoms with Gasteiger partial charge in [0.1, 0.15) is 10.5 Å². The third kappa shape index (κ3) is 4.96.